The number of nitrogens with zero attached hydrogens (tertiary/aromatic N) is 2. The van der Waals surface area contributed by atoms with E-state index < -0.39 is 10.5 Å². The van der Waals surface area contributed by atoms with Gasteiger partial charge in [0.2, 0.25) is 0 Å². The molecule has 7 heteroatoms. The number of hydrogen-bond donors (Lipinski definition) is 2. The van der Waals surface area contributed by atoms with Crippen molar-refractivity contribution in [1.82, 2.24) is 9.88 Å². The van der Waals surface area contributed by atoms with Crippen LogP contribution in [0.2, 0.25) is 0 Å². The fourth-order valence-corrected chi connectivity index (χ4v) is 2.22. The van der Waals surface area contributed by atoms with Gasteiger partial charge in [0.25, 0.3) is 5.91 Å². The van der Waals surface area contributed by atoms with Gasteiger partial charge < -0.3 is 20.1 Å². The molecule has 0 unspecified atom stereocenters. The van der Waals surface area contributed by atoms with Gasteiger partial charge in [0.05, 0.1) is 18.7 Å². The Balaban J connectivity index is 1.99. The summed E-state index contributed by atoms with van der Waals surface area (Å²) in [7, 11) is 0. The Morgan fingerprint density at radius 2 is 2.28 bits per heavy atom. The highest BCUT2D eigenvalue weighted by Gasteiger charge is 2.43. The third-order valence-corrected chi connectivity index (χ3v) is 3.07. The summed E-state index contributed by atoms with van der Waals surface area (Å²) in [6.07, 6.45) is 1.51. The van der Waals surface area contributed by atoms with Crippen molar-refractivity contribution in [2.24, 2.45) is 0 Å². The van der Waals surface area contributed by atoms with Crippen LogP contribution >= 0.6 is 0 Å². The minimum Gasteiger partial charge on any atom is -0.386 e. The van der Waals surface area contributed by atoms with Crippen LogP contribution in [0.25, 0.3) is 0 Å². The van der Waals surface area contributed by atoms with Gasteiger partial charge in [-0.3, -0.25) is 4.79 Å². The molecule has 0 saturated carbocycles. The maximum Gasteiger partial charge on any atom is 0.321 e. The second-order valence-corrected chi connectivity index (χ2v) is 4.65. The van der Waals surface area contributed by atoms with Gasteiger partial charge in [0.15, 0.2) is 5.69 Å². The highest BCUT2D eigenvalue weighted by molar-refractivity contribution is 5.93. The molecule has 0 atom stereocenters. The molecule has 0 aromatic carbocycles. The number of carbonyl (C=O) groups is 1. The molecule has 0 radical (unpaired) electrons. The van der Waals surface area contributed by atoms with Crippen LogP contribution in [0.3, 0.4) is 0 Å². The smallest absolute Gasteiger partial charge is 0.321 e. The summed E-state index contributed by atoms with van der Waals surface area (Å²) in [5.74, 6) is -0.522. The van der Waals surface area contributed by atoms with E-state index >= 15 is 0 Å². The number of amides is 1. The van der Waals surface area contributed by atoms with E-state index in [4.69, 9.17) is 0 Å². The topological polar surface area (TPSA) is 99.5 Å². The highest BCUT2D eigenvalue weighted by Crippen LogP contribution is 2.27. The molecule has 98 valence electrons. The molecule has 7 nitrogen and oxygen atoms in total. The average molecular weight is 253 g/mol. The quantitative estimate of drug-likeness (QED) is 0.615. The van der Waals surface area contributed by atoms with Crippen molar-refractivity contribution >= 4 is 11.7 Å². The van der Waals surface area contributed by atoms with Crippen LogP contribution in [0.5, 0.6) is 0 Å². The summed E-state index contributed by atoms with van der Waals surface area (Å²) in [5, 5.41) is 20.4. The molecular formula is C11H15N3O4. The zero-order valence-electron chi connectivity index (χ0n) is 10.0. The summed E-state index contributed by atoms with van der Waals surface area (Å²) >= 11 is 0. The van der Waals surface area contributed by atoms with E-state index in [0.29, 0.717) is 6.42 Å². The largest absolute Gasteiger partial charge is 0.386 e. The van der Waals surface area contributed by atoms with Crippen LogP contribution in [0.4, 0.5) is 5.82 Å². The molecule has 0 bridgehead atoms. The minimum atomic E-state index is -0.789. The summed E-state index contributed by atoms with van der Waals surface area (Å²) in [6.45, 7) is 2.54. The predicted octanol–water partition coefficient (Wildman–Crippen LogP) is 0.910. The zero-order valence-corrected chi connectivity index (χ0v) is 10.0. The summed E-state index contributed by atoms with van der Waals surface area (Å²) in [6, 6.07) is 2.64. The maximum atomic E-state index is 11.9. The van der Waals surface area contributed by atoms with Gasteiger partial charge in [0.1, 0.15) is 0 Å². The first-order chi connectivity index (χ1) is 8.45. The number of carbonyl (C=O) groups excluding carboxylic acids is 1. The lowest BCUT2D eigenvalue weighted by Gasteiger charge is -2.46. The average Bonchev–Trinajstić information content (AvgIpc) is 2.74. The Bertz CT molecular complexity index is 476. The molecule has 2 N–H and O–H groups in total. The van der Waals surface area contributed by atoms with Gasteiger partial charge in [-0.15, -0.1) is 0 Å². The first kappa shape index (κ1) is 12.6. The fraction of sp³-hybridized carbons (Fsp3) is 0.545. The molecule has 1 fully saturated rings. The molecule has 1 aliphatic heterocycles. The van der Waals surface area contributed by atoms with Gasteiger partial charge >= 0.3 is 5.82 Å². The second-order valence-electron chi connectivity index (χ2n) is 4.65. The number of nitro groups is 1. The molecule has 1 aliphatic rings. The third kappa shape index (κ3) is 2.21. The maximum absolute atomic E-state index is 11.9. The van der Waals surface area contributed by atoms with Crippen molar-refractivity contribution in [3.63, 3.8) is 0 Å². The normalized spacial score (nSPS) is 17.3. The number of aliphatic hydroxyl groups is 1. The molecule has 18 heavy (non-hydrogen) atoms. The monoisotopic (exact) mass is 253 g/mol. The number of aromatic amines is 1. The van der Waals surface area contributed by atoms with E-state index in [-0.39, 0.29) is 30.5 Å². The first-order valence-corrected chi connectivity index (χ1v) is 5.80. The number of H-pyrrole nitrogens is 1. The number of likely N-dealkylation sites (tertiary alicyclic amines) is 1. The Morgan fingerprint density at radius 3 is 2.78 bits per heavy atom. The SMILES string of the molecule is CCCC1(O)CN(C(=O)c2ccc([N+](=O)[O-])[nH]2)C1. The highest BCUT2D eigenvalue weighted by atomic mass is 16.6. The Kier molecular flexibility index (Phi) is 3.08. The molecule has 1 aromatic rings. The third-order valence-electron chi connectivity index (χ3n) is 3.07. The van der Waals surface area contributed by atoms with Crippen LogP contribution in [0, 0.1) is 10.1 Å². The van der Waals surface area contributed by atoms with Crippen molar-refractivity contribution < 1.29 is 14.8 Å². The minimum absolute atomic E-state index is 0.181. The van der Waals surface area contributed by atoms with Crippen LogP contribution in [-0.2, 0) is 0 Å². The van der Waals surface area contributed by atoms with Crippen LogP contribution in [0.15, 0.2) is 12.1 Å². The zero-order chi connectivity index (χ0) is 13.3. The fourth-order valence-electron chi connectivity index (χ4n) is 2.22. The van der Waals surface area contributed by atoms with Gasteiger partial charge in [-0.25, -0.2) is 4.98 Å². The molecule has 2 heterocycles. The van der Waals surface area contributed by atoms with Crippen molar-refractivity contribution in [2.75, 3.05) is 13.1 Å². The molecule has 0 aliphatic carbocycles. The lowest BCUT2D eigenvalue weighted by Crippen LogP contribution is -2.63. The van der Waals surface area contributed by atoms with Crippen LogP contribution in [-0.4, -0.2) is 44.5 Å². The van der Waals surface area contributed by atoms with E-state index in [1.54, 1.807) is 0 Å². The second kappa shape index (κ2) is 4.41. The van der Waals surface area contributed by atoms with Gasteiger partial charge in [-0.05, 0) is 17.4 Å². The van der Waals surface area contributed by atoms with Gasteiger partial charge in [-0.1, -0.05) is 13.3 Å². The molecule has 2 rings (SSSR count). The Morgan fingerprint density at radius 1 is 1.61 bits per heavy atom. The molecule has 1 saturated heterocycles. The summed E-state index contributed by atoms with van der Waals surface area (Å²) in [4.78, 5) is 25.7. The summed E-state index contributed by atoms with van der Waals surface area (Å²) < 4.78 is 0. The number of rotatable bonds is 4. The van der Waals surface area contributed by atoms with Gasteiger partial charge in [0, 0.05) is 6.07 Å². The van der Waals surface area contributed by atoms with Gasteiger partial charge in [-0.2, -0.15) is 0 Å². The number of hydrogen-bond acceptors (Lipinski definition) is 4. The van der Waals surface area contributed by atoms with E-state index in [0.717, 1.165) is 6.42 Å². The van der Waals surface area contributed by atoms with E-state index in [1.807, 2.05) is 6.92 Å². The van der Waals surface area contributed by atoms with Crippen molar-refractivity contribution in [1.29, 1.82) is 0 Å². The van der Waals surface area contributed by atoms with E-state index in [1.165, 1.54) is 17.0 Å². The van der Waals surface area contributed by atoms with Crippen molar-refractivity contribution in [3.05, 3.63) is 27.9 Å². The number of β-amino-alcohol motifs (C(OH)–C–C–N with tert-alkyl or cyclic N) is 1. The molecular weight excluding hydrogens is 238 g/mol. The van der Waals surface area contributed by atoms with Crippen molar-refractivity contribution in [3.8, 4) is 0 Å². The standard InChI is InChI=1S/C11H15N3O4/c1-2-5-11(16)6-13(7-11)10(15)8-3-4-9(12-8)14(17)18/h3-4,12,16H,2,5-7H2,1H3. The lowest BCUT2D eigenvalue weighted by molar-refractivity contribution is -0.389. The molecule has 1 aromatic heterocycles. The van der Waals surface area contributed by atoms with E-state index in [9.17, 15) is 20.0 Å². The predicted molar refractivity (Wildman–Crippen MR) is 63.2 cm³/mol. The Labute approximate surface area is 104 Å². The van der Waals surface area contributed by atoms with E-state index in [2.05, 4.69) is 4.98 Å². The van der Waals surface area contributed by atoms with Crippen LogP contribution in [0.1, 0.15) is 30.3 Å². The Hall–Kier alpha value is -1.89. The van der Waals surface area contributed by atoms with Crippen molar-refractivity contribution in [2.45, 2.75) is 25.4 Å². The van der Waals surface area contributed by atoms with Crippen LogP contribution < -0.4 is 0 Å². The molecule has 0 spiro atoms. The first-order valence-electron chi connectivity index (χ1n) is 5.80. The number of nitrogens with one attached hydrogen (secondary N) is 1. The molecule has 1 amide bonds. The number of aromatic nitrogens is 1. The summed E-state index contributed by atoms with van der Waals surface area (Å²) in [5.41, 5.74) is -0.608. The lowest BCUT2D eigenvalue weighted by atomic mass is 9.89.